The highest BCUT2D eigenvalue weighted by Gasteiger charge is 2.20. The van der Waals surface area contributed by atoms with E-state index in [9.17, 15) is 19.8 Å². The molecule has 0 aromatic carbocycles. The topological polar surface area (TPSA) is 95.9 Å². The van der Waals surface area contributed by atoms with E-state index < -0.39 is 12.1 Å². The molecule has 1 amide bonds. The fraction of sp³-hybridized carbons (Fsp3) is 0.913. The first-order valence-corrected chi connectivity index (χ1v) is 34.1. The summed E-state index contributed by atoms with van der Waals surface area (Å²) in [4.78, 5) is 24.6. The maximum Gasteiger partial charge on any atom is 0.305 e. The van der Waals surface area contributed by atoms with Gasteiger partial charge in [-0.1, -0.05) is 334 Å². The molecule has 75 heavy (non-hydrogen) atoms. The Hall–Kier alpha value is -1.66. The van der Waals surface area contributed by atoms with Crippen molar-refractivity contribution >= 4 is 11.9 Å². The maximum atomic E-state index is 12.5. The Balaban J connectivity index is 3.38. The second kappa shape index (κ2) is 64.9. The van der Waals surface area contributed by atoms with Crippen molar-refractivity contribution in [1.29, 1.82) is 0 Å². The number of hydrogen-bond donors (Lipinski definition) is 3. The number of carbonyl (C=O) groups excluding carboxylic acids is 2. The van der Waals surface area contributed by atoms with Gasteiger partial charge in [-0.2, -0.15) is 0 Å². The van der Waals surface area contributed by atoms with Crippen molar-refractivity contribution in [1.82, 2.24) is 5.32 Å². The number of esters is 1. The van der Waals surface area contributed by atoms with Crippen LogP contribution >= 0.6 is 0 Å². The zero-order valence-corrected chi connectivity index (χ0v) is 50.8. The minimum Gasteiger partial charge on any atom is -0.466 e. The smallest absolute Gasteiger partial charge is 0.305 e. The van der Waals surface area contributed by atoms with Gasteiger partial charge in [0.25, 0.3) is 0 Å². The van der Waals surface area contributed by atoms with E-state index in [0.29, 0.717) is 25.9 Å². The quantitative estimate of drug-likeness (QED) is 0.0320. The van der Waals surface area contributed by atoms with Gasteiger partial charge in [0.2, 0.25) is 5.91 Å². The van der Waals surface area contributed by atoms with Crippen LogP contribution in [-0.4, -0.2) is 47.4 Å². The number of aliphatic hydroxyl groups excluding tert-OH is 2. The van der Waals surface area contributed by atoms with Crippen LogP contribution in [0.3, 0.4) is 0 Å². The van der Waals surface area contributed by atoms with Crippen LogP contribution in [0, 0.1) is 0 Å². The highest BCUT2D eigenvalue weighted by molar-refractivity contribution is 5.76. The molecule has 2 atom stereocenters. The van der Waals surface area contributed by atoms with E-state index in [1.165, 1.54) is 302 Å². The lowest BCUT2D eigenvalue weighted by Crippen LogP contribution is -2.45. The van der Waals surface area contributed by atoms with Crippen LogP contribution in [0.15, 0.2) is 24.3 Å². The van der Waals surface area contributed by atoms with Gasteiger partial charge < -0.3 is 20.3 Å². The maximum absolute atomic E-state index is 12.5. The molecular weight excluding hydrogens is 923 g/mol. The number of unbranched alkanes of at least 4 members (excludes halogenated alkanes) is 49. The summed E-state index contributed by atoms with van der Waals surface area (Å²) in [7, 11) is 0. The number of ether oxygens (including phenoxy) is 1. The third-order valence-electron chi connectivity index (χ3n) is 16.0. The van der Waals surface area contributed by atoms with Gasteiger partial charge in [-0.25, -0.2) is 0 Å². The summed E-state index contributed by atoms with van der Waals surface area (Å²) in [6.45, 7) is 4.98. The van der Waals surface area contributed by atoms with Gasteiger partial charge in [-0.3, -0.25) is 9.59 Å². The number of allylic oxidation sites excluding steroid dienone is 4. The van der Waals surface area contributed by atoms with Crippen LogP contribution in [0.1, 0.15) is 380 Å². The molecule has 0 aliphatic rings. The standard InChI is InChI=1S/C69H133NO5/c1-3-5-7-9-11-13-15-17-18-35-39-43-47-51-55-59-63-69(74)75-64-60-56-52-48-44-40-36-33-31-29-27-25-23-21-19-20-22-24-26-28-30-32-34-38-42-46-50-54-58-62-68(73)70-66(65-71)67(72)61-57-53-49-45-41-37-16-14-12-10-8-6-4-2/h19,21,25,27,66-67,71-72H,3-18,20,22-24,26,28-65H2,1-2H3,(H,70,73)/b21-19-,27-25-. The highest BCUT2D eigenvalue weighted by Crippen LogP contribution is 2.18. The molecule has 0 radical (unpaired) electrons. The van der Waals surface area contributed by atoms with E-state index in [1.54, 1.807) is 0 Å². The lowest BCUT2D eigenvalue weighted by Gasteiger charge is -2.22. The van der Waals surface area contributed by atoms with Gasteiger partial charge in [0.1, 0.15) is 0 Å². The number of rotatable bonds is 64. The number of carbonyl (C=O) groups is 2. The SMILES string of the molecule is CCCCCCCCCCCCCCCCCCC(=O)OCCCCCCCCCCC/C=C\C/C=C\CCCCCCCCCCCCCCCC(=O)NC(CO)C(O)CCCCCCCCCCCCCCC. The molecule has 0 saturated carbocycles. The molecule has 0 aromatic heterocycles. The van der Waals surface area contributed by atoms with Crippen LogP contribution < -0.4 is 5.32 Å². The molecule has 6 heteroatoms. The molecule has 0 fully saturated rings. The third kappa shape index (κ3) is 61.4. The number of aliphatic hydroxyl groups is 2. The van der Waals surface area contributed by atoms with E-state index in [1.807, 2.05) is 0 Å². The van der Waals surface area contributed by atoms with E-state index in [-0.39, 0.29) is 18.5 Å². The molecule has 3 N–H and O–H groups in total. The fourth-order valence-electron chi connectivity index (χ4n) is 10.8. The molecule has 0 rings (SSSR count). The summed E-state index contributed by atoms with van der Waals surface area (Å²) >= 11 is 0. The van der Waals surface area contributed by atoms with E-state index in [2.05, 4.69) is 43.5 Å². The van der Waals surface area contributed by atoms with Crippen molar-refractivity contribution in [3.63, 3.8) is 0 Å². The predicted molar refractivity (Wildman–Crippen MR) is 329 cm³/mol. The Bertz CT molecular complexity index is 1170. The Labute approximate surface area is 469 Å². The van der Waals surface area contributed by atoms with Gasteiger partial charge >= 0.3 is 5.97 Å². The first-order valence-electron chi connectivity index (χ1n) is 34.1. The summed E-state index contributed by atoms with van der Waals surface area (Å²) in [6.07, 6.45) is 80.8. The molecule has 0 bridgehead atoms. The average molecular weight is 1060 g/mol. The molecule has 0 aliphatic heterocycles. The molecular formula is C69H133NO5. The molecule has 0 aliphatic carbocycles. The summed E-state index contributed by atoms with van der Waals surface area (Å²) in [5, 5.41) is 23.3. The molecule has 0 heterocycles. The second-order valence-electron chi connectivity index (χ2n) is 23.5. The van der Waals surface area contributed by atoms with Crippen LogP contribution in [0.25, 0.3) is 0 Å². The van der Waals surface area contributed by atoms with Crippen molar-refractivity contribution in [3.05, 3.63) is 24.3 Å². The van der Waals surface area contributed by atoms with Crippen molar-refractivity contribution < 1.29 is 24.5 Å². The van der Waals surface area contributed by atoms with Crippen molar-refractivity contribution in [2.75, 3.05) is 13.2 Å². The predicted octanol–water partition coefficient (Wildman–Crippen LogP) is 21.8. The third-order valence-corrected chi connectivity index (χ3v) is 16.0. The van der Waals surface area contributed by atoms with Gasteiger partial charge in [0.15, 0.2) is 0 Å². The molecule has 444 valence electrons. The van der Waals surface area contributed by atoms with Gasteiger partial charge in [0.05, 0.1) is 25.4 Å². The lowest BCUT2D eigenvalue weighted by atomic mass is 10.0. The second-order valence-corrected chi connectivity index (χ2v) is 23.5. The first kappa shape index (κ1) is 73.3. The van der Waals surface area contributed by atoms with Crippen molar-refractivity contribution in [3.8, 4) is 0 Å². The van der Waals surface area contributed by atoms with Crippen molar-refractivity contribution in [2.24, 2.45) is 0 Å². The molecule has 6 nitrogen and oxygen atoms in total. The zero-order chi connectivity index (χ0) is 54.3. The van der Waals surface area contributed by atoms with E-state index in [0.717, 1.165) is 44.9 Å². The number of nitrogens with one attached hydrogen (secondary N) is 1. The monoisotopic (exact) mass is 1060 g/mol. The largest absolute Gasteiger partial charge is 0.466 e. The fourth-order valence-corrected chi connectivity index (χ4v) is 10.8. The minimum absolute atomic E-state index is 0.0160. The average Bonchev–Trinajstić information content (AvgIpc) is 3.41. The Kier molecular flexibility index (Phi) is 63.4. The van der Waals surface area contributed by atoms with E-state index in [4.69, 9.17) is 4.74 Å². The Morgan fingerprint density at radius 2 is 0.667 bits per heavy atom. The van der Waals surface area contributed by atoms with Crippen LogP contribution in [0.5, 0.6) is 0 Å². The van der Waals surface area contributed by atoms with Crippen LogP contribution in [0.2, 0.25) is 0 Å². The summed E-state index contributed by atoms with van der Waals surface area (Å²) in [6, 6.07) is -0.541. The van der Waals surface area contributed by atoms with Crippen LogP contribution in [-0.2, 0) is 14.3 Å². The van der Waals surface area contributed by atoms with Gasteiger partial charge in [-0.05, 0) is 57.8 Å². The molecule has 0 spiro atoms. The normalized spacial score (nSPS) is 12.6. The Morgan fingerprint density at radius 3 is 1.01 bits per heavy atom. The lowest BCUT2D eigenvalue weighted by molar-refractivity contribution is -0.143. The van der Waals surface area contributed by atoms with Gasteiger partial charge in [-0.15, -0.1) is 0 Å². The van der Waals surface area contributed by atoms with Crippen molar-refractivity contribution in [2.45, 2.75) is 392 Å². The van der Waals surface area contributed by atoms with E-state index >= 15 is 0 Å². The minimum atomic E-state index is -0.664. The number of amides is 1. The number of hydrogen-bond acceptors (Lipinski definition) is 5. The first-order chi connectivity index (χ1) is 37.0. The summed E-state index contributed by atoms with van der Waals surface area (Å²) in [5.41, 5.74) is 0. The molecule has 2 unspecified atom stereocenters. The van der Waals surface area contributed by atoms with Gasteiger partial charge in [0, 0.05) is 12.8 Å². The highest BCUT2D eigenvalue weighted by atomic mass is 16.5. The van der Waals surface area contributed by atoms with Crippen LogP contribution in [0.4, 0.5) is 0 Å². The molecule has 0 aromatic rings. The summed E-state index contributed by atoms with van der Waals surface area (Å²) in [5.74, 6) is -0.0183. The summed E-state index contributed by atoms with van der Waals surface area (Å²) < 4.78 is 5.50. The zero-order valence-electron chi connectivity index (χ0n) is 50.8. The Morgan fingerprint density at radius 1 is 0.373 bits per heavy atom. The molecule has 0 saturated heterocycles.